The smallest absolute Gasteiger partial charge is 0.251 e. The molecule has 0 bridgehead atoms. The summed E-state index contributed by atoms with van der Waals surface area (Å²) in [5, 5.41) is 2.82. The number of carbonyl (C=O) groups is 1. The predicted octanol–water partition coefficient (Wildman–Crippen LogP) is 3.56. The molecule has 0 saturated carbocycles. The second-order valence-electron chi connectivity index (χ2n) is 8.72. The number of amides is 1. The lowest BCUT2D eigenvalue weighted by Crippen LogP contribution is -2.48. The van der Waals surface area contributed by atoms with Crippen molar-refractivity contribution in [1.29, 1.82) is 0 Å². The molecule has 1 fully saturated rings. The number of rotatable bonds is 6. The highest BCUT2D eigenvalue weighted by molar-refractivity contribution is 7.89. The number of fused-ring (bicyclic) bond motifs is 1. The quantitative estimate of drug-likeness (QED) is 0.510. The highest BCUT2D eigenvalue weighted by Gasteiger charge is 2.31. The number of hydrogen-bond acceptors (Lipinski definition) is 6. The molecule has 2 aliphatic heterocycles. The van der Waals surface area contributed by atoms with E-state index in [2.05, 4.69) is 5.32 Å². The molecule has 37 heavy (non-hydrogen) atoms. The van der Waals surface area contributed by atoms with Gasteiger partial charge in [-0.1, -0.05) is 23.7 Å². The molecule has 1 N–H and O–H groups in total. The van der Waals surface area contributed by atoms with Crippen LogP contribution in [0.15, 0.2) is 71.6 Å². The van der Waals surface area contributed by atoms with E-state index in [9.17, 15) is 17.6 Å². The molecular weight excluding hydrogens is 521 g/mol. The van der Waals surface area contributed by atoms with Gasteiger partial charge in [-0.2, -0.15) is 4.31 Å². The van der Waals surface area contributed by atoms with Crippen LogP contribution >= 0.6 is 11.6 Å². The van der Waals surface area contributed by atoms with Crippen molar-refractivity contribution in [1.82, 2.24) is 9.62 Å². The number of halogens is 2. The molecule has 3 aromatic carbocycles. The average Bonchev–Trinajstić information content (AvgIpc) is 2.92. The second kappa shape index (κ2) is 10.6. The maximum atomic E-state index is 13.4. The minimum absolute atomic E-state index is 0.0399. The van der Waals surface area contributed by atoms with Gasteiger partial charge in [0, 0.05) is 37.4 Å². The number of sulfonamides is 1. The highest BCUT2D eigenvalue weighted by Crippen LogP contribution is 2.31. The number of hydrogen-bond donors (Lipinski definition) is 1. The largest absolute Gasteiger partial charge is 0.486 e. The molecule has 0 aliphatic carbocycles. The first-order valence-electron chi connectivity index (χ1n) is 11.8. The van der Waals surface area contributed by atoms with Gasteiger partial charge in [0.2, 0.25) is 10.0 Å². The van der Waals surface area contributed by atoms with Gasteiger partial charge >= 0.3 is 0 Å². The van der Waals surface area contributed by atoms with Crippen LogP contribution in [0.1, 0.15) is 10.4 Å². The molecule has 0 spiro atoms. The SMILES string of the molecule is O=C(NC[C@H]1COc2ccccc2O1)c1ccc(Cl)c(S(=O)(=O)N2CCN(c3ccc(F)cc3)CC2)c1. The summed E-state index contributed by atoms with van der Waals surface area (Å²) in [6.45, 7) is 1.80. The number of anilines is 1. The lowest BCUT2D eigenvalue weighted by atomic mass is 10.2. The molecule has 194 valence electrons. The normalized spacial score (nSPS) is 17.9. The second-order valence-corrected chi connectivity index (χ2v) is 11.0. The van der Waals surface area contributed by atoms with Crippen molar-refractivity contribution in [3.05, 3.63) is 83.1 Å². The van der Waals surface area contributed by atoms with Gasteiger partial charge in [0.05, 0.1) is 11.6 Å². The summed E-state index contributed by atoms with van der Waals surface area (Å²) in [4.78, 5) is 14.7. The summed E-state index contributed by atoms with van der Waals surface area (Å²) in [5.74, 6) is 0.480. The van der Waals surface area contributed by atoms with Crippen molar-refractivity contribution in [3.8, 4) is 11.5 Å². The highest BCUT2D eigenvalue weighted by atomic mass is 35.5. The number of para-hydroxylation sites is 2. The fourth-order valence-corrected chi connectivity index (χ4v) is 6.21. The summed E-state index contributed by atoms with van der Waals surface area (Å²) >= 11 is 6.27. The number of nitrogens with one attached hydrogen (secondary N) is 1. The standard InChI is InChI=1S/C26H25ClFN3O5S/c27-22-10-5-18(26(32)29-16-21-17-35-23-3-1-2-4-24(23)36-21)15-25(22)37(33,34)31-13-11-30(12-14-31)20-8-6-19(28)7-9-20/h1-10,15,21H,11-14,16-17H2,(H,29,32)/t21-/m0/s1. The van der Waals surface area contributed by atoms with E-state index in [1.54, 1.807) is 18.2 Å². The zero-order chi connectivity index (χ0) is 26.0. The average molecular weight is 546 g/mol. The monoisotopic (exact) mass is 545 g/mol. The van der Waals surface area contributed by atoms with Crippen molar-refractivity contribution >= 4 is 33.2 Å². The van der Waals surface area contributed by atoms with Crippen molar-refractivity contribution in [2.75, 3.05) is 44.2 Å². The molecule has 0 aromatic heterocycles. The number of carbonyl (C=O) groups excluding carboxylic acids is 1. The molecule has 3 aromatic rings. The zero-order valence-corrected chi connectivity index (χ0v) is 21.3. The maximum absolute atomic E-state index is 13.4. The summed E-state index contributed by atoms with van der Waals surface area (Å²) < 4.78 is 52.9. The van der Waals surface area contributed by atoms with Crippen LogP contribution in [0.3, 0.4) is 0 Å². The van der Waals surface area contributed by atoms with E-state index in [-0.39, 0.29) is 53.6 Å². The molecule has 2 heterocycles. The third-order valence-corrected chi connectivity index (χ3v) is 8.68. The fraction of sp³-hybridized carbons (Fsp3) is 0.269. The first-order chi connectivity index (χ1) is 17.8. The Morgan fingerprint density at radius 1 is 1.00 bits per heavy atom. The number of piperazine rings is 1. The van der Waals surface area contributed by atoms with Crippen LogP contribution in [0.2, 0.25) is 5.02 Å². The number of ether oxygens (including phenoxy) is 2. The lowest BCUT2D eigenvalue weighted by molar-refractivity contribution is 0.0789. The van der Waals surface area contributed by atoms with Crippen LogP contribution in [0.25, 0.3) is 0 Å². The Morgan fingerprint density at radius 3 is 2.43 bits per heavy atom. The van der Waals surface area contributed by atoms with Gasteiger partial charge in [-0.15, -0.1) is 0 Å². The van der Waals surface area contributed by atoms with Crippen molar-refractivity contribution in [2.45, 2.75) is 11.0 Å². The molecule has 2 aliphatic rings. The minimum atomic E-state index is -3.94. The predicted molar refractivity (Wildman–Crippen MR) is 138 cm³/mol. The van der Waals surface area contributed by atoms with E-state index in [0.717, 1.165) is 5.69 Å². The van der Waals surface area contributed by atoms with Crippen LogP contribution in [-0.2, 0) is 10.0 Å². The summed E-state index contributed by atoms with van der Waals surface area (Å²) in [7, 11) is -3.94. The Bertz CT molecular complexity index is 1400. The Kier molecular flexibility index (Phi) is 7.23. The van der Waals surface area contributed by atoms with Gasteiger partial charge in [-0.3, -0.25) is 4.79 Å². The van der Waals surface area contributed by atoms with E-state index >= 15 is 0 Å². The Morgan fingerprint density at radius 2 is 1.70 bits per heavy atom. The van der Waals surface area contributed by atoms with Crippen LogP contribution in [0, 0.1) is 5.82 Å². The Balaban J connectivity index is 1.23. The molecular formula is C26H25ClFN3O5S. The third-order valence-electron chi connectivity index (χ3n) is 6.30. The molecule has 11 heteroatoms. The number of benzene rings is 3. The van der Waals surface area contributed by atoms with Gasteiger partial charge in [0.15, 0.2) is 11.5 Å². The van der Waals surface area contributed by atoms with Crippen LogP contribution in [0.4, 0.5) is 10.1 Å². The Hall–Kier alpha value is -3.34. The van der Waals surface area contributed by atoms with Crippen LogP contribution in [-0.4, -0.2) is 64.1 Å². The van der Waals surface area contributed by atoms with E-state index in [4.69, 9.17) is 21.1 Å². The molecule has 1 saturated heterocycles. The maximum Gasteiger partial charge on any atom is 0.251 e. The zero-order valence-electron chi connectivity index (χ0n) is 19.8. The van der Waals surface area contributed by atoms with Gasteiger partial charge in [-0.25, -0.2) is 12.8 Å². The van der Waals surface area contributed by atoms with E-state index in [0.29, 0.717) is 24.6 Å². The summed E-state index contributed by atoms with van der Waals surface area (Å²) in [5.41, 5.74) is 0.996. The van der Waals surface area contributed by atoms with Crippen molar-refractivity contribution in [3.63, 3.8) is 0 Å². The summed E-state index contributed by atoms with van der Waals surface area (Å²) in [6.07, 6.45) is -0.383. The first kappa shape index (κ1) is 25.3. The fourth-order valence-electron chi connectivity index (χ4n) is 4.29. The molecule has 5 rings (SSSR count). The van der Waals surface area contributed by atoms with Crippen LogP contribution < -0.4 is 19.7 Å². The van der Waals surface area contributed by atoms with E-state index in [1.807, 2.05) is 23.1 Å². The molecule has 0 radical (unpaired) electrons. The van der Waals surface area contributed by atoms with Crippen molar-refractivity contribution < 1.29 is 27.1 Å². The van der Waals surface area contributed by atoms with Crippen LogP contribution in [0.5, 0.6) is 11.5 Å². The third kappa shape index (κ3) is 5.51. The number of nitrogens with zero attached hydrogens (tertiary/aromatic N) is 2. The van der Waals surface area contributed by atoms with E-state index < -0.39 is 15.9 Å². The van der Waals surface area contributed by atoms with E-state index in [1.165, 1.54) is 34.6 Å². The van der Waals surface area contributed by atoms with Gasteiger partial charge < -0.3 is 19.7 Å². The first-order valence-corrected chi connectivity index (χ1v) is 13.6. The summed E-state index contributed by atoms with van der Waals surface area (Å²) in [6, 6.07) is 17.6. The Labute approximate surface area is 219 Å². The van der Waals surface area contributed by atoms with Crippen molar-refractivity contribution in [2.24, 2.45) is 0 Å². The van der Waals surface area contributed by atoms with Gasteiger partial charge in [0.25, 0.3) is 5.91 Å². The molecule has 1 amide bonds. The molecule has 1 atom stereocenters. The lowest BCUT2D eigenvalue weighted by Gasteiger charge is -2.35. The van der Waals surface area contributed by atoms with Gasteiger partial charge in [-0.05, 0) is 54.6 Å². The van der Waals surface area contributed by atoms with Gasteiger partial charge in [0.1, 0.15) is 23.4 Å². The topological polar surface area (TPSA) is 88.2 Å². The molecule has 0 unspecified atom stereocenters. The minimum Gasteiger partial charge on any atom is -0.486 e. The molecule has 8 nitrogen and oxygen atoms in total.